The van der Waals surface area contributed by atoms with Crippen molar-refractivity contribution in [3.63, 3.8) is 0 Å². The average molecular weight is 332 g/mol. The molecule has 0 saturated heterocycles. The van der Waals surface area contributed by atoms with Gasteiger partial charge in [-0.2, -0.15) is 5.10 Å². The van der Waals surface area contributed by atoms with Crippen molar-refractivity contribution in [2.45, 2.75) is 25.0 Å². The minimum Gasteiger partial charge on any atom is -0.481 e. The third-order valence-electron chi connectivity index (χ3n) is 3.51. The molecule has 2 rings (SSSR count). The summed E-state index contributed by atoms with van der Waals surface area (Å²) in [6.07, 6.45) is 2.14. The van der Waals surface area contributed by atoms with E-state index in [4.69, 9.17) is 5.11 Å². The molecule has 1 aliphatic rings. The molecule has 6 nitrogen and oxygen atoms in total. The number of carbonyl (C=O) groups is 1. The molecule has 1 aliphatic carbocycles. The molecular formula is C12H18BrN3O3. The normalized spacial score (nSPS) is 26.5. The summed E-state index contributed by atoms with van der Waals surface area (Å²) in [5, 5.41) is 23.7. The predicted octanol–water partition coefficient (Wildman–Crippen LogP) is 0.889. The third kappa shape index (κ3) is 2.82. The molecule has 0 aromatic carbocycles. The maximum absolute atomic E-state index is 10.9. The van der Waals surface area contributed by atoms with Crippen LogP contribution >= 0.6 is 15.9 Å². The van der Waals surface area contributed by atoms with Crippen molar-refractivity contribution < 1.29 is 15.0 Å². The second kappa shape index (κ2) is 5.22. The van der Waals surface area contributed by atoms with E-state index < -0.39 is 17.5 Å². The molecule has 1 aromatic heterocycles. The Bertz CT molecular complexity index is 481. The van der Waals surface area contributed by atoms with Crippen LogP contribution in [0.25, 0.3) is 0 Å². The van der Waals surface area contributed by atoms with Gasteiger partial charge in [0.15, 0.2) is 0 Å². The molecule has 19 heavy (non-hydrogen) atoms. The van der Waals surface area contributed by atoms with Crippen molar-refractivity contribution in [1.29, 1.82) is 0 Å². The quantitative estimate of drug-likeness (QED) is 0.837. The smallest absolute Gasteiger partial charge is 0.306 e. The monoisotopic (exact) mass is 331 g/mol. The summed E-state index contributed by atoms with van der Waals surface area (Å²) < 4.78 is 2.49. The predicted molar refractivity (Wildman–Crippen MR) is 72.7 cm³/mol. The van der Waals surface area contributed by atoms with Gasteiger partial charge in [-0.05, 0) is 42.9 Å². The number of carboxylic acids is 1. The second-order valence-corrected chi connectivity index (χ2v) is 6.20. The Hall–Kier alpha value is -0.920. The van der Waals surface area contributed by atoms with E-state index in [1.54, 1.807) is 10.9 Å². The highest BCUT2D eigenvalue weighted by molar-refractivity contribution is 9.10. The van der Waals surface area contributed by atoms with Crippen LogP contribution < -0.4 is 0 Å². The Kier molecular flexibility index (Phi) is 3.98. The van der Waals surface area contributed by atoms with Crippen molar-refractivity contribution in [2.24, 2.45) is 5.92 Å². The zero-order valence-corrected chi connectivity index (χ0v) is 12.6. The van der Waals surface area contributed by atoms with Crippen molar-refractivity contribution >= 4 is 21.9 Å². The lowest BCUT2D eigenvalue weighted by Crippen LogP contribution is -2.46. The highest BCUT2D eigenvalue weighted by atomic mass is 79.9. The molecule has 0 spiro atoms. The van der Waals surface area contributed by atoms with Crippen molar-refractivity contribution in [3.8, 4) is 0 Å². The lowest BCUT2D eigenvalue weighted by Gasteiger charge is -2.41. The van der Waals surface area contributed by atoms with Crippen LogP contribution in [0.2, 0.25) is 0 Å². The summed E-state index contributed by atoms with van der Waals surface area (Å²) in [6.45, 7) is 1.47. The Morgan fingerprint density at radius 3 is 2.79 bits per heavy atom. The highest BCUT2D eigenvalue weighted by Crippen LogP contribution is 2.47. The summed E-state index contributed by atoms with van der Waals surface area (Å²) in [6, 6.07) is 0. The summed E-state index contributed by atoms with van der Waals surface area (Å²) in [5.74, 6) is -1.31. The van der Waals surface area contributed by atoms with Crippen LogP contribution in [0.1, 0.15) is 18.5 Å². The van der Waals surface area contributed by atoms with Crippen LogP contribution in [0, 0.1) is 5.92 Å². The SMILES string of the molecule is CN(C)CCn1ncc(Br)c1C1(O)CC(C(=O)O)C1. The molecule has 0 unspecified atom stereocenters. The summed E-state index contributed by atoms with van der Waals surface area (Å²) >= 11 is 3.39. The first-order chi connectivity index (χ1) is 8.83. The Morgan fingerprint density at radius 2 is 2.26 bits per heavy atom. The largest absolute Gasteiger partial charge is 0.481 e. The zero-order valence-electron chi connectivity index (χ0n) is 11.0. The molecule has 0 atom stereocenters. The zero-order chi connectivity index (χ0) is 14.2. The number of hydrogen-bond acceptors (Lipinski definition) is 4. The molecule has 0 amide bonds. The minimum absolute atomic E-state index is 0.245. The standard InChI is InChI=1S/C12H18BrN3O3/c1-15(2)3-4-16-10(9(13)7-14-16)12(19)5-8(6-12)11(17)18/h7-8,19H,3-6H2,1-2H3,(H,17,18). The van der Waals surface area contributed by atoms with E-state index in [-0.39, 0.29) is 12.8 Å². The van der Waals surface area contributed by atoms with E-state index in [9.17, 15) is 9.90 Å². The van der Waals surface area contributed by atoms with Crippen LogP contribution in [-0.2, 0) is 16.9 Å². The van der Waals surface area contributed by atoms with Gasteiger partial charge in [-0.3, -0.25) is 9.48 Å². The van der Waals surface area contributed by atoms with E-state index in [1.165, 1.54) is 0 Å². The van der Waals surface area contributed by atoms with Gasteiger partial charge in [0.1, 0.15) is 5.60 Å². The number of aromatic nitrogens is 2. The van der Waals surface area contributed by atoms with E-state index in [0.717, 1.165) is 11.0 Å². The average Bonchev–Trinajstić information content (AvgIpc) is 2.63. The molecule has 1 saturated carbocycles. The number of halogens is 1. The summed E-state index contributed by atoms with van der Waals surface area (Å²) in [4.78, 5) is 12.9. The van der Waals surface area contributed by atoms with Gasteiger partial charge in [0.05, 0.1) is 28.8 Å². The summed E-state index contributed by atoms with van der Waals surface area (Å²) in [5.41, 5.74) is -0.392. The molecule has 7 heteroatoms. The van der Waals surface area contributed by atoms with Gasteiger partial charge in [-0.25, -0.2) is 0 Å². The van der Waals surface area contributed by atoms with Gasteiger partial charge < -0.3 is 15.1 Å². The topological polar surface area (TPSA) is 78.6 Å². The first-order valence-corrected chi connectivity index (χ1v) is 6.94. The Morgan fingerprint density at radius 1 is 1.63 bits per heavy atom. The molecule has 2 N–H and O–H groups in total. The van der Waals surface area contributed by atoms with Gasteiger partial charge >= 0.3 is 5.97 Å². The second-order valence-electron chi connectivity index (χ2n) is 5.34. The maximum atomic E-state index is 10.9. The number of aliphatic carboxylic acids is 1. The molecule has 1 aromatic rings. The lowest BCUT2D eigenvalue weighted by atomic mass is 9.69. The molecule has 0 radical (unpaired) electrons. The van der Waals surface area contributed by atoms with Crippen LogP contribution in [0.5, 0.6) is 0 Å². The van der Waals surface area contributed by atoms with Gasteiger partial charge in [-0.15, -0.1) is 0 Å². The number of carboxylic acid groups (broad SMARTS) is 1. The first-order valence-electron chi connectivity index (χ1n) is 6.15. The first kappa shape index (κ1) is 14.5. The van der Waals surface area contributed by atoms with Crippen molar-refractivity contribution in [1.82, 2.24) is 14.7 Å². The number of hydrogen-bond donors (Lipinski definition) is 2. The molecule has 1 heterocycles. The number of likely N-dealkylation sites (N-methyl/N-ethyl adjacent to an activating group) is 1. The van der Waals surface area contributed by atoms with Gasteiger partial charge in [0.25, 0.3) is 0 Å². The minimum atomic E-state index is -1.08. The van der Waals surface area contributed by atoms with Crippen molar-refractivity contribution in [3.05, 3.63) is 16.4 Å². The highest BCUT2D eigenvalue weighted by Gasteiger charge is 2.50. The van der Waals surface area contributed by atoms with E-state index >= 15 is 0 Å². The third-order valence-corrected chi connectivity index (χ3v) is 4.09. The summed E-state index contributed by atoms with van der Waals surface area (Å²) in [7, 11) is 3.94. The molecule has 106 valence electrons. The Balaban J connectivity index is 2.16. The maximum Gasteiger partial charge on any atom is 0.306 e. The van der Waals surface area contributed by atoms with Gasteiger partial charge in [0.2, 0.25) is 0 Å². The molecule has 0 bridgehead atoms. The molecular weight excluding hydrogens is 314 g/mol. The van der Waals surface area contributed by atoms with E-state index in [0.29, 0.717) is 12.2 Å². The van der Waals surface area contributed by atoms with Gasteiger partial charge in [-0.1, -0.05) is 0 Å². The number of rotatable bonds is 5. The lowest BCUT2D eigenvalue weighted by molar-refractivity contribution is -0.160. The van der Waals surface area contributed by atoms with Gasteiger partial charge in [0, 0.05) is 6.54 Å². The van der Waals surface area contributed by atoms with Crippen LogP contribution in [-0.4, -0.2) is 51.5 Å². The van der Waals surface area contributed by atoms with Crippen LogP contribution in [0.3, 0.4) is 0 Å². The van der Waals surface area contributed by atoms with Crippen molar-refractivity contribution in [2.75, 3.05) is 20.6 Å². The fraction of sp³-hybridized carbons (Fsp3) is 0.667. The van der Waals surface area contributed by atoms with E-state index in [2.05, 4.69) is 21.0 Å². The van der Waals surface area contributed by atoms with Crippen LogP contribution in [0.15, 0.2) is 10.7 Å². The number of aliphatic hydroxyl groups is 1. The van der Waals surface area contributed by atoms with Crippen LogP contribution in [0.4, 0.5) is 0 Å². The number of nitrogens with zero attached hydrogens (tertiary/aromatic N) is 3. The molecule has 0 aliphatic heterocycles. The fourth-order valence-corrected chi connectivity index (χ4v) is 3.08. The molecule has 1 fully saturated rings. The van der Waals surface area contributed by atoms with E-state index in [1.807, 2.05) is 19.0 Å². The fourth-order valence-electron chi connectivity index (χ4n) is 2.41. The Labute approximate surface area is 120 Å².